The Morgan fingerprint density at radius 2 is 1.70 bits per heavy atom. The van der Waals surface area contributed by atoms with Gasteiger partial charge in [-0.15, -0.1) is 0 Å². The van der Waals surface area contributed by atoms with Crippen LogP contribution in [0.2, 0.25) is 0 Å². The molecule has 0 saturated carbocycles. The SMILES string of the molecule is CCCCCCCCn1c(=O)c(OCc2ccccc2)c(O)c2ccc(OC)cc21. The van der Waals surface area contributed by atoms with Crippen LogP contribution in [-0.2, 0) is 13.2 Å². The molecule has 0 fully saturated rings. The summed E-state index contributed by atoms with van der Waals surface area (Å²) in [4.78, 5) is 13.2. The molecule has 0 aliphatic heterocycles. The average Bonchev–Trinajstić information content (AvgIpc) is 2.78. The summed E-state index contributed by atoms with van der Waals surface area (Å²) in [6.07, 6.45) is 6.82. The Morgan fingerprint density at radius 1 is 0.967 bits per heavy atom. The van der Waals surface area contributed by atoms with Crippen LogP contribution in [0.25, 0.3) is 10.9 Å². The molecule has 30 heavy (non-hydrogen) atoms. The van der Waals surface area contributed by atoms with Crippen molar-refractivity contribution < 1.29 is 14.6 Å². The maximum absolute atomic E-state index is 13.2. The molecule has 0 aliphatic carbocycles. The van der Waals surface area contributed by atoms with E-state index in [1.54, 1.807) is 29.9 Å². The van der Waals surface area contributed by atoms with Crippen LogP contribution in [0.15, 0.2) is 53.3 Å². The summed E-state index contributed by atoms with van der Waals surface area (Å²) >= 11 is 0. The van der Waals surface area contributed by atoms with Gasteiger partial charge in [0, 0.05) is 18.0 Å². The third-order valence-corrected chi connectivity index (χ3v) is 5.37. The van der Waals surface area contributed by atoms with Gasteiger partial charge in [-0.1, -0.05) is 69.4 Å². The Kier molecular flexibility index (Phi) is 7.77. The van der Waals surface area contributed by atoms with E-state index in [1.807, 2.05) is 30.3 Å². The van der Waals surface area contributed by atoms with Crippen LogP contribution in [-0.4, -0.2) is 16.8 Å². The number of nitrogens with zero attached hydrogens (tertiary/aromatic N) is 1. The monoisotopic (exact) mass is 409 g/mol. The highest BCUT2D eigenvalue weighted by Gasteiger charge is 2.18. The minimum absolute atomic E-state index is 0.00232. The fourth-order valence-electron chi connectivity index (χ4n) is 3.65. The molecule has 1 N–H and O–H groups in total. The second kappa shape index (κ2) is 10.7. The van der Waals surface area contributed by atoms with E-state index in [0.29, 0.717) is 23.2 Å². The fraction of sp³-hybridized carbons (Fsp3) is 0.400. The van der Waals surface area contributed by atoms with Crippen LogP contribution in [0.3, 0.4) is 0 Å². The first-order valence-electron chi connectivity index (χ1n) is 10.8. The Bertz CT molecular complexity index is 1010. The molecule has 0 atom stereocenters. The van der Waals surface area contributed by atoms with Gasteiger partial charge in [0.15, 0.2) is 5.75 Å². The summed E-state index contributed by atoms with van der Waals surface area (Å²) in [7, 11) is 1.59. The minimum atomic E-state index is -0.308. The summed E-state index contributed by atoms with van der Waals surface area (Å²) in [5.74, 6) is 0.534. The largest absolute Gasteiger partial charge is 0.504 e. The molecule has 1 aromatic heterocycles. The lowest BCUT2D eigenvalue weighted by atomic mass is 10.1. The van der Waals surface area contributed by atoms with Gasteiger partial charge in [-0.25, -0.2) is 0 Å². The van der Waals surface area contributed by atoms with Gasteiger partial charge in [0.2, 0.25) is 5.75 Å². The number of rotatable bonds is 11. The van der Waals surface area contributed by atoms with E-state index in [1.165, 1.54) is 25.7 Å². The lowest BCUT2D eigenvalue weighted by molar-refractivity contribution is 0.283. The smallest absolute Gasteiger partial charge is 0.297 e. The molecule has 0 amide bonds. The fourth-order valence-corrected chi connectivity index (χ4v) is 3.65. The standard InChI is InChI=1S/C25H31NO4/c1-3-4-5-6-7-11-16-26-22-17-20(29-2)14-15-21(22)23(27)24(25(26)28)30-18-19-12-9-8-10-13-19/h8-10,12-15,17,27H,3-7,11,16,18H2,1-2H3. The van der Waals surface area contributed by atoms with Gasteiger partial charge in [-0.3, -0.25) is 4.79 Å². The van der Waals surface area contributed by atoms with Crippen molar-refractivity contribution in [3.63, 3.8) is 0 Å². The summed E-state index contributed by atoms with van der Waals surface area (Å²) in [6, 6.07) is 15.0. The molecule has 0 radical (unpaired) electrons. The van der Waals surface area contributed by atoms with E-state index in [2.05, 4.69) is 6.92 Å². The maximum atomic E-state index is 13.2. The molecule has 0 spiro atoms. The van der Waals surface area contributed by atoms with Crippen molar-refractivity contribution >= 4 is 10.9 Å². The minimum Gasteiger partial charge on any atom is -0.504 e. The number of hydrogen-bond acceptors (Lipinski definition) is 4. The third kappa shape index (κ3) is 5.15. The van der Waals surface area contributed by atoms with Crippen molar-refractivity contribution in [3.8, 4) is 17.2 Å². The van der Waals surface area contributed by atoms with Crippen molar-refractivity contribution in [1.29, 1.82) is 0 Å². The molecule has 0 bridgehead atoms. The third-order valence-electron chi connectivity index (χ3n) is 5.37. The number of benzene rings is 2. The van der Waals surface area contributed by atoms with Gasteiger partial charge in [0.25, 0.3) is 5.56 Å². The predicted molar refractivity (Wildman–Crippen MR) is 121 cm³/mol. The van der Waals surface area contributed by atoms with Gasteiger partial charge < -0.3 is 19.1 Å². The molecule has 160 valence electrons. The topological polar surface area (TPSA) is 60.7 Å². The van der Waals surface area contributed by atoms with E-state index >= 15 is 0 Å². The highest BCUT2D eigenvalue weighted by molar-refractivity contribution is 5.88. The molecule has 0 unspecified atom stereocenters. The molecular formula is C25H31NO4. The molecule has 2 aromatic carbocycles. The summed E-state index contributed by atoms with van der Waals surface area (Å²) in [6.45, 7) is 3.01. The summed E-state index contributed by atoms with van der Waals surface area (Å²) < 4.78 is 12.8. The van der Waals surface area contributed by atoms with Gasteiger partial charge >= 0.3 is 0 Å². The molecule has 1 heterocycles. The number of aryl methyl sites for hydroxylation is 1. The van der Waals surface area contributed by atoms with Gasteiger partial charge in [-0.05, 0) is 24.1 Å². The number of unbranched alkanes of at least 4 members (excludes halogenated alkanes) is 5. The summed E-state index contributed by atoms with van der Waals surface area (Å²) in [5, 5.41) is 11.4. The van der Waals surface area contributed by atoms with E-state index in [4.69, 9.17) is 9.47 Å². The van der Waals surface area contributed by atoms with Crippen molar-refractivity contribution in [2.24, 2.45) is 0 Å². The number of methoxy groups -OCH3 is 1. The van der Waals surface area contributed by atoms with Crippen molar-refractivity contribution in [1.82, 2.24) is 4.57 Å². The number of pyridine rings is 1. The Labute approximate surface area is 177 Å². The number of aromatic hydroxyl groups is 1. The number of ether oxygens (including phenoxy) is 2. The van der Waals surface area contributed by atoms with Gasteiger partial charge in [0.1, 0.15) is 12.4 Å². The molecule has 3 rings (SSSR count). The molecular weight excluding hydrogens is 378 g/mol. The quantitative estimate of drug-likeness (QED) is 0.415. The van der Waals surface area contributed by atoms with Gasteiger partial charge in [0.05, 0.1) is 12.6 Å². The zero-order valence-corrected chi connectivity index (χ0v) is 17.9. The first-order valence-corrected chi connectivity index (χ1v) is 10.8. The second-order valence-corrected chi connectivity index (χ2v) is 7.56. The zero-order valence-electron chi connectivity index (χ0n) is 17.9. The summed E-state index contributed by atoms with van der Waals surface area (Å²) in [5.41, 5.74) is 1.30. The highest BCUT2D eigenvalue weighted by Crippen LogP contribution is 2.34. The molecule has 5 nitrogen and oxygen atoms in total. The van der Waals surface area contributed by atoms with Crippen LogP contribution in [0.1, 0.15) is 51.0 Å². The second-order valence-electron chi connectivity index (χ2n) is 7.56. The number of hydrogen-bond donors (Lipinski definition) is 1. The predicted octanol–water partition coefficient (Wildman–Crippen LogP) is 5.66. The Hall–Kier alpha value is -2.95. The zero-order chi connectivity index (χ0) is 21.3. The Balaban J connectivity index is 1.91. The van der Waals surface area contributed by atoms with Crippen LogP contribution >= 0.6 is 0 Å². The molecule has 5 heteroatoms. The van der Waals surface area contributed by atoms with Crippen LogP contribution < -0.4 is 15.0 Å². The van der Waals surface area contributed by atoms with E-state index in [0.717, 1.165) is 18.4 Å². The number of aromatic nitrogens is 1. The van der Waals surface area contributed by atoms with Crippen molar-refractivity contribution in [2.75, 3.05) is 7.11 Å². The number of fused-ring (bicyclic) bond motifs is 1. The van der Waals surface area contributed by atoms with Gasteiger partial charge in [-0.2, -0.15) is 0 Å². The van der Waals surface area contributed by atoms with Crippen LogP contribution in [0.5, 0.6) is 17.2 Å². The van der Waals surface area contributed by atoms with Crippen molar-refractivity contribution in [2.45, 2.75) is 58.6 Å². The van der Waals surface area contributed by atoms with E-state index in [9.17, 15) is 9.90 Å². The van der Waals surface area contributed by atoms with E-state index in [-0.39, 0.29) is 23.7 Å². The van der Waals surface area contributed by atoms with Crippen molar-refractivity contribution in [3.05, 3.63) is 64.4 Å². The normalized spacial score (nSPS) is 11.0. The first-order chi connectivity index (χ1) is 14.7. The van der Waals surface area contributed by atoms with Crippen LogP contribution in [0.4, 0.5) is 0 Å². The average molecular weight is 410 g/mol. The molecule has 3 aromatic rings. The first kappa shape index (κ1) is 21.8. The Morgan fingerprint density at radius 3 is 2.43 bits per heavy atom. The molecule has 0 saturated heterocycles. The van der Waals surface area contributed by atoms with Crippen LogP contribution in [0, 0.1) is 0 Å². The maximum Gasteiger partial charge on any atom is 0.297 e. The lowest BCUT2D eigenvalue weighted by Gasteiger charge is -2.16. The highest BCUT2D eigenvalue weighted by atomic mass is 16.5. The van der Waals surface area contributed by atoms with E-state index < -0.39 is 0 Å². The lowest BCUT2D eigenvalue weighted by Crippen LogP contribution is -2.23. The molecule has 0 aliphatic rings.